The molecule has 0 spiro atoms. The molecule has 13 heavy (non-hydrogen) atoms. The lowest BCUT2D eigenvalue weighted by Crippen LogP contribution is -2.15. The normalized spacial score (nSPS) is 11.8. The Labute approximate surface area is 76.8 Å². The molecular formula is C10H12F2N-. The quantitative estimate of drug-likeness (QED) is 0.670. The second-order valence-electron chi connectivity index (χ2n) is 3.44. The van der Waals surface area contributed by atoms with Crippen LogP contribution in [0.25, 0.3) is 5.32 Å². The Morgan fingerprint density at radius 1 is 1.08 bits per heavy atom. The number of hydrogen-bond donors (Lipinski definition) is 0. The Morgan fingerprint density at radius 2 is 1.54 bits per heavy atom. The lowest BCUT2D eigenvalue weighted by Gasteiger charge is -2.38. The molecule has 1 aromatic carbocycles. The average molecular weight is 184 g/mol. The van der Waals surface area contributed by atoms with Gasteiger partial charge in [0.25, 0.3) is 0 Å². The van der Waals surface area contributed by atoms with Gasteiger partial charge in [0, 0.05) is 6.07 Å². The number of halogens is 2. The fourth-order valence-corrected chi connectivity index (χ4v) is 1.04. The van der Waals surface area contributed by atoms with Gasteiger partial charge in [-0.1, -0.05) is 19.4 Å². The maximum atomic E-state index is 12.8. The van der Waals surface area contributed by atoms with Crippen molar-refractivity contribution in [1.29, 1.82) is 0 Å². The van der Waals surface area contributed by atoms with Crippen LogP contribution in [0.2, 0.25) is 0 Å². The minimum absolute atomic E-state index is 0.539. The summed E-state index contributed by atoms with van der Waals surface area (Å²) in [5.41, 5.74) is 0.00986. The van der Waals surface area contributed by atoms with E-state index in [0.29, 0.717) is 5.56 Å². The van der Waals surface area contributed by atoms with E-state index in [2.05, 4.69) is 5.32 Å². The van der Waals surface area contributed by atoms with E-state index in [0.717, 1.165) is 6.07 Å². The van der Waals surface area contributed by atoms with Crippen molar-refractivity contribution >= 4 is 0 Å². The third-order valence-corrected chi connectivity index (χ3v) is 2.13. The maximum absolute atomic E-state index is 12.8. The van der Waals surface area contributed by atoms with E-state index in [1.807, 2.05) is 0 Å². The van der Waals surface area contributed by atoms with E-state index >= 15 is 0 Å². The molecule has 1 rings (SSSR count). The second kappa shape index (κ2) is 3.42. The van der Waals surface area contributed by atoms with Crippen LogP contribution >= 0.6 is 0 Å². The molecule has 0 N–H and O–H groups in total. The number of nitrogens with zero attached hydrogens (tertiary/aromatic N) is 1. The molecule has 0 saturated carbocycles. The molecule has 1 nitrogen and oxygen atoms in total. The van der Waals surface area contributed by atoms with Crippen molar-refractivity contribution in [3.8, 4) is 0 Å². The van der Waals surface area contributed by atoms with Gasteiger partial charge < -0.3 is 5.32 Å². The second-order valence-corrected chi connectivity index (χ2v) is 3.44. The first-order valence-electron chi connectivity index (χ1n) is 4.03. The molecule has 0 aliphatic carbocycles. The molecule has 0 heterocycles. The molecule has 0 amide bonds. The van der Waals surface area contributed by atoms with Crippen molar-refractivity contribution in [2.75, 3.05) is 7.05 Å². The summed E-state index contributed by atoms with van der Waals surface area (Å²) in [6, 6.07) is 3.46. The van der Waals surface area contributed by atoms with Crippen molar-refractivity contribution in [3.05, 3.63) is 40.7 Å². The van der Waals surface area contributed by atoms with Gasteiger partial charge in [-0.05, 0) is 12.1 Å². The summed E-state index contributed by atoms with van der Waals surface area (Å²) in [6.45, 7) is 3.61. The Balaban J connectivity index is 3.15. The van der Waals surface area contributed by atoms with Crippen molar-refractivity contribution in [1.82, 2.24) is 0 Å². The van der Waals surface area contributed by atoms with Gasteiger partial charge in [0.1, 0.15) is 11.6 Å². The Hall–Kier alpha value is -0.960. The lowest BCUT2D eigenvalue weighted by molar-refractivity contribution is 0.559. The van der Waals surface area contributed by atoms with Gasteiger partial charge in [-0.3, -0.25) is 0 Å². The van der Waals surface area contributed by atoms with Gasteiger partial charge in [-0.2, -0.15) is 7.05 Å². The average Bonchev–Trinajstić information content (AvgIpc) is 2.02. The van der Waals surface area contributed by atoms with Crippen LogP contribution in [0.15, 0.2) is 18.2 Å². The van der Waals surface area contributed by atoms with Gasteiger partial charge in [0.2, 0.25) is 0 Å². The highest BCUT2D eigenvalue weighted by atomic mass is 19.1. The molecule has 0 bridgehead atoms. The predicted octanol–water partition coefficient (Wildman–Crippen LogP) is 3.20. The van der Waals surface area contributed by atoms with Crippen molar-refractivity contribution in [3.63, 3.8) is 0 Å². The SMILES string of the molecule is C[N-]C(C)(C)c1cc(F)cc(F)c1. The molecule has 0 atom stereocenters. The highest BCUT2D eigenvalue weighted by molar-refractivity contribution is 5.28. The van der Waals surface area contributed by atoms with Crippen LogP contribution in [0.3, 0.4) is 0 Å². The van der Waals surface area contributed by atoms with Crippen molar-refractivity contribution in [2.24, 2.45) is 0 Å². The smallest absolute Gasteiger partial charge is 0.126 e. The zero-order valence-electron chi connectivity index (χ0n) is 7.94. The molecule has 0 fully saturated rings. The highest BCUT2D eigenvalue weighted by Gasteiger charge is 2.10. The summed E-state index contributed by atoms with van der Waals surface area (Å²) >= 11 is 0. The molecule has 0 unspecified atom stereocenters. The zero-order chi connectivity index (χ0) is 10.1. The highest BCUT2D eigenvalue weighted by Crippen LogP contribution is 2.28. The van der Waals surface area contributed by atoms with Gasteiger partial charge in [0.15, 0.2) is 0 Å². The van der Waals surface area contributed by atoms with E-state index in [-0.39, 0.29) is 0 Å². The molecule has 3 heteroatoms. The van der Waals surface area contributed by atoms with Gasteiger partial charge in [-0.15, -0.1) is 5.54 Å². The minimum Gasteiger partial charge on any atom is -0.656 e. The summed E-state index contributed by atoms with van der Waals surface area (Å²) in [4.78, 5) is 0. The Kier molecular flexibility index (Phi) is 2.66. The molecule has 0 aliphatic rings. The first kappa shape index (κ1) is 10.1. The van der Waals surface area contributed by atoms with Gasteiger partial charge >= 0.3 is 0 Å². The summed E-state index contributed by atoms with van der Waals surface area (Å²) in [5.74, 6) is -1.13. The Morgan fingerprint density at radius 3 is 1.92 bits per heavy atom. The number of rotatable bonds is 2. The van der Waals surface area contributed by atoms with E-state index in [1.165, 1.54) is 12.1 Å². The van der Waals surface area contributed by atoms with Crippen LogP contribution in [0.5, 0.6) is 0 Å². The molecule has 0 radical (unpaired) electrons. The maximum Gasteiger partial charge on any atom is 0.126 e. The largest absolute Gasteiger partial charge is 0.656 e. The summed E-state index contributed by atoms with van der Waals surface area (Å²) in [6.07, 6.45) is 0. The zero-order valence-corrected chi connectivity index (χ0v) is 7.94. The van der Waals surface area contributed by atoms with Crippen LogP contribution in [0.1, 0.15) is 19.4 Å². The summed E-state index contributed by atoms with van der Waals surface area (Å²) in [7, 11) is 1.63. The van der Waals surface area contributed by atoms with E-state index < -0.39 is 17.2 Å². The minimum atomic E-state index is -0.563. The molecule has 72 valence electrons. The van der Waals surface area contributed by atoms with Crippen LogP contribution in [0, 0.1) is 11.6 Å². The van der Waals surface area contributed by atoms with Crippen LogP contribution in [0.4, 0.5) is 8.78 Å². The molecule has 0 aliphatic heterocycles. The van der Waals surface area contributed by atoms with Crippen molar-refractivity contribution < 1.29 is 8.78 Å². The van der Waals surface area contributed by atoms with Crippen LogP contribution < -0.4 is 0 Å². The molecule has 0 aromatic heterocycles. The fourth-order valence-electron chi connectivity index (χ4n) is 1.04. The standard InChI is InChI=1S/C10H12F2N/c1-10(2,13-3)7-4-8(11)6-9(12)5-7/h4-6H,1-3H3/q-1. The fraction of sp³-hybridized carbons (Fsp3) is 0.400. The third kappa shape index (κ3) is 2.25. The molecular weight excluding hydrogens is 172 g/mol. The predicted molar refractivity (Wildman–Crippen MR) is 48.7 cm³/mol. The third-order valence-electron chi connectivity index (χ3n) is 2.13. The summed E-state index contributed by atoms with van der Waals surface area (Å²) in [5, 5.41) is 4.04. The first-order valence-corrected chi connectivity index (χ1v) is 4.03. The monoisotopic (exact) mass is 184 g/mol. The summed E-state index contributed by atoms with van der Waals surface area (Å²) < 4.78 is 25.6. The van der Waals surface area contributed by atoms with E-state index in [9.17, 15) is 8.78 Å². The Bertz CT molecular complexity index is 288. The molecule has 0 saturated heterocycles. The van der Waals surface area contributed by atoms with E-state index in [4.69, 9.17) is 0 Å². The lowest BCUT2D eigenvalue weighted by atomic mass is 9.94. The van der Waals surface area contributed by atoms with Gasteiger partial charge in [-0.25, -0.2) is 8.78 Å². The van der Waals surface area contributed by atoms with Crippen LogP contribution in [-0.2, 0) is 5.54 Å². The molecule has 1 aromatic rings. The van der Waals surface area contributed by atoms with Crippen molar-refractivity contribution in [2.45, 2.75) is 19.4 Å². The van der Waals surface area contributed by atoms with Crippen LogP contribution in [-0.4, -0.2) is 7.05 Å². The number of hydrogen-bond acceptors (Lipinski definition) is 0. The number of benzene rings is 1. The topological polar surface area (TPSA) is 14.1 Å². The first-order chi connectivity index (χ1) is 5.95. The van der Waals surface area contributed by atoms with E-state index in [1.54, 1.807) is 20.9 Å². The van der Waals surface area contributed by atoms with Gasteiger partial charge in [0.05, 0.1) is 0 Å².